The Labute approximate surface area is 224 Å². The van der Waals surface area contributed by atoms with E-state index in [0.29, 0.717) is 12.0 Å². The van der Waals surface area contributed by atoms with Crippen molar-refractivity contribution in [1.82, 2.24) is 14.9 Å². The molecule has 0 spiro atoms. The number of carboxylic acids is 1. The maximum atomic E-state index is 12.0. The molecule has 0 saturated heterocycles. The van der Waals surface area contributed by atoms with E-state index in [1.54, 1.807) is 34.9 Å². The summed E-state index contributed by atoms with van der Waals surface area (Å²) < 4.78 is 24.7. The molecule has 200 valence electrons. The predicted molar refractivity (Wildman–Crippen MR) is 146 cm³/mol. The minimum absolute atomic E-state index is 0.000912. The number of nitrogens with zero attached hydrogens (tertiary/aromatic N) is 2. The minimum Gasteiger partial charge on any atom is -0.477 e. The van der Waals surface area contributed by atoms with Crippen LogP contribution in [0.15, 0.2) is 65.6 Å². The standard InChI is InChI=1S/C26H28ClN5O5S/c1-15(30-13-23(33)20-7-9-24(28)31-25(20)27)10-17-4-8-21-18(11-17)12-22(26(34)35)32(21)14-16-2-5-19(6-3-16)38(29,36)37/h2-9,11-12,15,23,30,33H,10,13-14H2,1H3,(H2,28,31)(H,34,35)(H2,29,36,37). The number of aliphatic hydroxyl groups excluding tert-OH is 1. The number of nitrogen functional groups attached to an aromatic ring is 1. The molecular formula is C26H28ClN5O5S. The van der Waals surface area contributed by atoms with E-state index in [1.807, 2.05) is 25.1 Å². The van der Waals surface area contributed by atoms with Crippen LogP contribution in [0.3, 0.4) is 0 Å². The number of pyridine rings is 1. The third kappa shape index (κ3) is 6.32. The summed E-state index contributed by atoms with van der Waals surface area (Å²) >= 11 is 6.09. The first-order chi connectivity index (χ1) is 17.9. The van der Waals surface area contributed by atoms with Crippen molar-refractivity contribution in [3.05, 3.63) is 88.2 Å². The van der Waals surface area contributed by atoms with Gasteiger partial charge < -0.3 is 25.8 Å². The number of carbonyl (C=O) groups is 1. The summed E-state index contributed by atoms with van der Waals surface area (Å²) in [6, 6.07) is 16.6. The first-order valence-electron chi connectivity index (χ1n) is 11.7. The number of fused-ring (bicyclic) bond motifs is 1. The minimum atomic E-state index is -3.81. The number of anilines is 1. The maximum absolute atomic E-state index is 12.0. The van der Waals surface area contributed by atoms with Crippen molar-refractivity contribution in [2.24, 2.45) is 5.14 Å². The van der Waals surface area contributed by atoms with Crippen LogP contribution in [0.5, 0.6) is 0 Å². The Kier molecular flexibility index (Phi) is 8.05. The van der Waals surface area contributed by atoms with Crippen LogP contribution < -0.4 is 16.2 Å². The van der Waals surface area contributed by atoms with Crippen LogP contribution in [0.4, 0.5) is 5.82 Å². The molecule has 12 heteroatoms. The molecule has 0 saturated carbocycles. The first-order valence-corrected chi connectivity index (χ1v) is 13.7. The average Bonchev–Trinajstić information content (AvgIpc) is 3.20. The monoisotopic (exact) mass is 557 g/mol. The highest BCUT2D eigenvalue weighted by Crippen LogP contribution is 2.25. The van der Waals surface area contributed by atoms with Crippen LogP contribution in [-0.2, 0) is 23.0 Å². The summed E-state index contributed by atoms with van der Waals surface area (Å²) in [6.45, 7) is 2.49. The van der Waals surface area contributed by atoms with Crippen molar-refractivity contribution < 1.29 is 23.4 Å². The van der Waals surface area contributed by atoms with Gasteiger partial charge in [-0.1, -0.05) is 29.8 Å². The van der Waals surface area contributed by atoms with Gasteiger partial charge in [0.2, 0.25) is 10.0 Å². The van der Waals surface area contributed by atoms with E-state index < -0.39 is 22.1 Å². The Morgan fingerprint density at radius 1 is 1.11 bits per heavy atom. The number of aromatic nitrogens is 2. The van der Waals surface area contributed by atoms with Gasteiger partial charge in [0.25, 0.3) is 0 Å². The van der Waals surface area contributed by atoms with Gasteiger partial charge in [0.15, 0.2) is 0 Å². The van der Waals surface area contributed by atoms with E-state index >= 15 is 0 Å². The second-order valence-electron chi connectivity index (χ2n) is 9.15. The van der Waals surface area contributed by atoms with Gasteiger partial charge >= 0.3 is 5.97 Å². The molecule has 10 nitrogen and oxygen atoms in total. The van der Waals surface area contributed by atoms with Gasteiger partial charge in [-0.3, -0.25) is 0 Å². The highest BCUT2D eigenvalue weighted by atomic mass is 35.5. The number of carboxylic acid groups (broad SMARTS) is 1. The second kappa shape index (κ2) is 11.1. The van der Waals surface area contributed by atoms with E-state index in [9.17, 15) is 23.4 Å². The number of aliphatic hydroxyl groups is 1. The van der Waals surface area contributed by atoms with Crippen LogP contribution in [-0.4, -0.2) is 46.7 Å². The number of hydrogen-bond donors (Lipinski definition) is 5. The number of primary sulfonamides is 1. The Bertz CT molecular complexity index is 1590. The molecule has 2 heterocycles. The van der Waals surface area contributed by atoms with E-state index in [1.165, 1.54) is 12.1 Å². The summed E-state index contributed by atoms with van der Waals surface area (Å²) in [6.07, 6.45) is -0.217. The molecular weight excluding hydrogens is 530 g/mol. The fourth-order valence-corrected chi connectivity index (χ4v) is 5.12. The van der Waals surface area contributed by atoms with Crippen LogP contribution in [0.2, 0.25) is 5.15 Å². The molecule has 38 heavy (non-hydrogen) atoms. The largest absolute Gasteiger partial charge is 0.477 e. The molecule has 2 unspecified atom stereocenters. The fourth-order valence-electron chi connectivity index (χ4n) is 4.32. The van der Waals surface area contributed by atoms with Gasteiger partial charge in [-0.15, -0.1) is 0 Å². The molecule has 2 aromatic carbocycles. The zero-order chi connectivity index (χ0) is 27.6. The second-order valence-corrected chi connectivity index (χ2v) is 11.1. The number of halogens is 1. The molecule has 2 atom stereocenters. The molecule has 0 aliphatic rings. The summed E-state index contributed by atoms with van der Waals surface area (Å²) in [5.41, 5.74) is 8.68. The van der Waals surface area contributed by atoms with Crippen molar-refractivity contribution in [1.29, 1.82) is 0 Å². The lowest BCUT2D eigenvalue weighted by Gasteiger charge is -2.18. The summed E-state index contributed by atoms with van der Waals surface area (Å²) in [5, 5.41) is 29.7. The smallest absolute Gasteiger partial charge is 0.352 e. The quantitative estimate of drug-likeness (QED) is 0.185. The molecule has 0 fully saturated rings. The SMILES string of the molecule is CC(Cc1ccc2c(c1)cc(C(=O)O)n2Cc1ccc(S(N)(=O)=O)cc1)NCC(O)c1ccc(N)nc1Cl. The summed E-state index contributed by atoms with van der Waals surface area (Å²) in [7, 11) is -3.81. The third-order valence-corrected chi connectivity index (χ3v) is 7.47. The Morgan fingerprint density at radius 3 is 2.42 bits per heavy atom. The van der Waals surface area contributed by atoms with E-state index in [-0.39, 0.29) is 40.7 Å². The number of nitrogens with two attached hydrogens (primary N) is 2. The molecule has 4 aromatic rings. The molecule has 0 aliphatic carbocycles. The van der Waals surface area contributed by atoms with E-state index in [4.69, 9.17) is 22.5 Å². The van der Waals surface area contributed by atoms with Gasteiger partial charge in [-0.25, -0.2) is 23.3 Å². The van der Waals surface area contributed by atoms with E-state index in [0.717, 1.165) is 22.0 Å². The van der Waals surface area contributed by atoms with Gasteiger partial charge in [0.1, 0.15) is 16.7 Å². The molecule has 2 aromatic heterocycles. The number of nitrogens with one attached hydrogen (secondary N) is 1. The van der Waals surface area contributed by atoms with Crippen LogP contribution >= 0.6 is 11.6 Å². The number of rotatable bonds is 10. The van der Waals surface area contributed by atoms with Gasteiger partial charge in [0.05, 0.1) is 11.0 Å². The predicted octanol–water partition coefficient (Wildman–Crippen LogP) is 2.92. The van der Waals surface area contributed by atoms with Gasteiger partial charge in [0, 0.05) is 35.6 Å². The zero-order valence-corrected chi connectivity index (χ0v) is 22.1. The van der Waals surface area contributed by atoms with Crippen molar-refractivity contribution in [2.75, 3.05) is 12.3 Å². The maximum Gasteiger partial charge on any atom is 0.352 e. The molecule has 7 N–H and O–H groups in total. The molecule has 0 bridgehead atoms. The van der Waals surface area contributed by atoms with Gasteiger partial charge in [-0.05, 0) is 66.9 Å². The van der Waals surface area contributed by atoms with Crippen LogP contribution in [0.25, 0.3) is 10.9 Å². The van der Waals surface area contributed by atoms with Crippen LogP contribution in [0.1, 0.15) is 40.2 Å². The van der Waals surface area contributed by atoms with Gasteiger partial charge in [-0.2, -0.15) is 0 Å². The molecule has 4 rings (SSSR count). The van der Waals surface area contributed by atoms with Crippen LogP contribution in [0, 0.1) is 0 Å². The Morgan fingerprint density at radius 2 is 1.79 bits per heavy atom. The lowest BCUT2D eigenvalue weighted by Crippen LogP contribution is -2.32. The average molecular weight is 558 g/mol. The summed E-state index contributed by atoms with van der Waals surface area (Å²) in [5.74, 6) is -0.786. The lowest BCUT2D eigenvalue weighted by molar-refractivity contribution is 0.0686. The third-order valence-electron chi connectivity index (χ3n) is 6.24. The molecule has 0 amide bonds. The Hall–Kier alpha value is -3.48. The number of benzene rings is 2. The van der Waals surface area contributed by atoms with Crippen molar-refractivity contribution in [3.63, 3.8) is 0 Å². The topological polar surface area (TPSA) is 174 Å². The number of sulfonamides is 1. The lowest BCUT2D eigenvalue weighted by atomic mass is 10.0. The van der Waals surface area contributed by atoms with E-state index in [2.05, 4.69) is 10.3 Å². The van der Waals surface area contributed by atoms with Crippen molar-refractivity contribution in [2.45, 2.75) is 36.9 Å². The Balaban J connectivity index is 1.48. The molecule has 0 aliphatic heterocycles. The fraction of sp³-hybridized carbons (Fsp3) is 0.231. The first kappa shape index (κ1) is 27.6. The highest BCUT2D eigenvalue weighted by molar-refractivity contribution is 7.89. The molecule has 0 radical (unpaired) electrons. The van der Waals surface area contributed by atoms with Crippen molar-refractivity contribution >= 4 is 44.3 Å². The summed E-state index contributed by atoms with van der Waals surface area (Å²) in [4.78, 5) is 15.9. The highest BCUT2D eigenvalue weighted by Gasteiger charge is 2.18. The zero-order valence-electron chi connectivity index (χ0n) is 20.5. The number of hydrogen-bond acceptors (Lipinski definition) is 7. The normalized spacial score (nSPS) is 13.5. The number of aromatic carboxylic acids is 1. The van der Waals surface area contributed by atoms with Crippen molar-refractivity contribution in [3.8, 4) is 0 Å².